The quantitative estimate of drug-likeness (QED) is 0.802. The molecule has 0 saturated heterocycles. The molecule has 140 valence electrons. The Bertz CT molecular complexity index is 788. The molecule has 0 bridgehead atoms. The number of alkyl halides is 3. The van der Waals surface area contributed by atoms with Crippen LogP contribution in [0.2, 0.25) is 0 Å². The number of carbonyl (C=O) groups is 1. The van der Waals surface area contributed by atoms with Gasteiger partial charge in [-0.1, -0.05) is 6.07 Å². The topological polar surface area (TPSA) is 47.6 Å². The maximum absolute atomic E-state index is 12.9. The Balaban J connectivity index is 2.10. The minimum Gasteiger partial charge on any atom is -0.492 e. The Morgan fingerprint density at radius 2 is 1.77 bits per heavy atom. The van der Waals surface area contributed by atoms with Crippen molar-refractivity contribution in [1.29, 1.82) is 0 Å². The van der Waals surface area contributed by atoms with Crippen LogP contribution in [-0.2, 0) is 11.0 Å². The molecule has 0 spiro atoms. The Morgan fingerprint density at radius 1 is 1.04 bits per heavy atom. The molecule has 0 aliphatic heterocycles. The van der Waals surface area contributed by atoms with E-state index < -0.39 is 17.6 Å². The summed E-state index contributed by atoms with van der Waals surface area (Å²) in [5.41, 5.74) is 1.19. The second-order valence-corrected chi connectivity index (χ2v) is 5.72. The Labute approximate surface area is 149 Å². The lowest BCUT2D eigenvalue weighted by Gasteiger charge is -2.15. The van der Waals surface area contributed by atoms with Crippen LogP contribution in [0.15, 0.2) is 36.4 Å². The van der Waals surface area contributed by atoms with Crippen molar-refractivity contribution in [2.24, 2.45) is 0 Å². The van der Waals surface area contributed by atoms with Crippen molar-refractivity contribution in [3.05, 3.63) is 53.1 Å². The number of benzene rings is 2. The number of aryl methyl sites for hydroxylation is 2. The third kappa shape index (κ3) is 5.15. The lowest BCUT2D eigenvalue weighted by atomic mass is 10.1. The van der Waals surface area contributed by atoms with Gasteiger partial charge in [-0.2, -0.15) is 13.2 Å². The van der Waals surface area contributed by atoms with Crippen molar-refractivity contribution in [1.82, 2.24) is 0 Å². The van der Waals surface area contributed by atoms with Crippen molar-refractivity contribution in [2.45, 2.75) is 26.9 Å². The molecule has 7 heteroatoms. The summed E-state index contributed by atoms with van der Waals surface area (Å²) in [6.45, 7) is 5.50. The third-order valence-corrected chi connectivity index (χ3v) is 3.73. The fraction of sp³-hybridized carbons (Fsp3) is 0.316. The first kappa shape index (κ1) is 19.6. The summed E-state index contributed by atoms with van der Waals surface area (Å²) in [7, 11) is 0. The van der Waals surface area contributed by atoms with Gasteiger partial charge in [0, 0.05) is 0 Å². The van der Waals surface area contributed by atoms with Crippen LogP contribution in [0.25, 0.3) is 0 Å². The van der Waals surface area contributed by atoms with E-state index in [1.54, 1.807) is 19.1 Å². The summed E-state index contributed by atoms with van der Waals surface area (Å²) in [5.74, 6) is 0.0980. The van der Waals surface area contributed by atoms with E-state index in [1.165, 1.54) is 6.07 Å². The number of amides is 1. The number of nitrogens with one attached hydrogen (secondary N) is 1. The largest absolute Gasteiger partial charge is 0.492 e. The van der Waals surface area contributed by atoms with E-state index in [2.05, 4.69) is 5.32 Å². The summed E-state index contributed by atoms with van der Waals surface area (Å²) < 4.78 is 49.3. The van der Waals surface area contributed by atoms with Gasteiger partial charge in [0.1, 0.15) is 11.5 Å². The molecule has 0 radical (unpaired) electrons. The zero-order valence-corrected chi connectivity index (χ0v) is 14.7. The molecule has 0 saturated carbocycles. The monoisotopic (exact) mass is 367 g/mol. The van der Waals surface area contributed by atoms with E-state index in [9.17, 15) is 18.0 Å². The number of rotatable bonds is 6. The summed E-state index contributed by atoms with van der Waals surface area (Å²) in [5, 5.41) is 2.42. The molecule has 0 aliphatic rings. The second kappa shape index (κ2) is 8.12. The number of hydrogen-bond donors (Lipinski definition) is 1. The highest BCUT2D eigenvalue weighted by Gasteiger charge is 2.31. The van der Waals surface area contributed by atoms with E-state index in [-0.39, 0.29) is 24.7 Å². The predicted octanol–water partition coefficient (Wildman–Crippen LogP) is 4.74. The normalized spacial score (nSPS) is 11.2. The highest BCUT2D eigenvalue weighted by atomic mass is 19.4. The first-order chi connectivity index (χ1) is 12.2. The number of anilines is 1. The lowest BCUT2D eigenvalue weighted by Crippen LogP contribution is -2.21. The maximum Gasteiger partial charge on any atom is 0.416 e. The summed E-state index contributed by atoms with van der Waals surface area (Å²) in [6.07, 6.45) is -4.51. The van der Waals surface area contributed by atoms with Crippen LogP contribution >= 0.6 is 0 Å². The minimum atomic E-state index is -4.51. The smallest absolute Gasteiger partial charge is 0.416 e. The van der Waals surface area contributed by atoms with Crippen molar-refractivity contribution >= 4 is 11.6 Å². The van der Waals surface area contributed by atoms with Crippen LogP contribution in [0, 0.1) is 13.8 Å². The molecule has 26 heavy (non-hydrogen) atoms. The molecule has 0 aliphatic carbocycles. The van der Waals surface area contributed by atoms with Crippen LogP contribution in [0.1, 0.15) is 23.6 Å². The third-order valence-electron chi connectivity index (χ3n) is 3.73. The van der Waals surface area contributed by atoms with E-state index in [4.69, 9.17) is 9.47 Å². The molecule has 2 rings (SSSR count). The van der Waals surface area contributed by atoms with Crippen LogP contribution < -0.4 is 14.8 Å². The fourth-order valence-electron chi connectivity index (χ4n) is 2.22. The highest BCUT2D eigenvalue weighted by Crippen LogP contribution is 2.35. The van der Waals surface area contributed by atoms with E-state index in [0.717, 1.165) is 23.3 Å². The molecule has 1 amide bonds. The fourth-order valence-corrected chi connectivity index (χ4v) is 2.22. The first-order valence-electron chi connectivity index (χ1n) is 8.04. The minimum absolute atomic E-state index is 0.0460. The van der Waals surface area contributed by atoms with Gasteiger partial charge < -0.3 is 14.8 Å². The van der Waals surface area contributed by atoms with E-state index in [1.807, 2.05) is 19.9 Å². The van der Waals surface area contributed by atoms with Gasteiger partial charge in [0.2, 0.25) is 0 Å². The molecular formula is C19H20F3NO3. The van der Waals surface area contributed by atoms with Crippen LogP contribution in [0.5, 0.6) is 11.5 Å². The summed E-state index contributed by atoms with van der Waals surface area (Å²) >= 11 is 0. The number of ether oxygens (including phenoxy) is 2. The Morgan fingerprint density at radius 3 is 2.38 bits per heavy atom. The molecule has 2 aromatic rings. The molecule has 1 N–H and O–H groups in total. The van der Waals surface area contributed by atoms with E-state index >= 15 is 0 Å². The van der Waals surface area contributed by atoms with Gasteiger partial charge in [0.25, 0.3) is 5.91 Å². The van der Waals surface area contributed by atoms with Crippen LogP contribution in [0.4, 0.5) is 18.9 Å². The van der Waals surface area contributed by atoms with Gasteiger partial charge >= 0.3 is 6.18 Å². The zero-order valence-electron chi connectivity index (χ0n) is 14.7. The maximum atomic E-state index is 12.9. The molecule has 0 heterocycles. The highest BCUT2D eigenvalue weighted by molar-refractivity contribution is 5.93. The van der Waals surface area contributed by atoms with E-state index in [0.29, 0.717) is 5.75 Å². The van der Waals surface area contributed by atoms with Crippen molar-refractivity contribution < 1.29 is 27.4 Å². The van der Waals surface area contributed by atoms with Gasteiger partial charge in [-0.05, 0) is 62.2 Å². The second-order valence-electron chi connectivity index (χ2n) is 5.72. The molecular weight excluding hydrogens is 347 g/mol. The summed E-state index contributed by atoms with van der Waals surface area (Å²) in [6, 6.07) is 8.32. The van der Waals surface area contributed by atoms with Gasteiger partial charge in [0.05, 0.1) is 17.9 Å². The zero-order chi connectivity index (χ0) is 19.3. The van der Waals surface area contributed by atoms with Crippen LogP contribution in [0.3, 0.4) is 0 Å². The number of halogens is 3. The molecule has 0 atom stereocenters. The SMILES string of the molecule is CCOc1ccc(C(F)(F)F)cc1NC(=O)COc1ccc(C)c(C)c1. The molecule has 0 unspecified atom stereocenters. The average Bonchev–Trinajstić information content (AvgIpc) is 2.57. The van der Waals surface area contributed by atoms with Gasteiger partial charge in [0.15, 0.2) is 6.61 Å². The van der Waals surface area contributed by atoms with Crippen molar-refractivity contribution in [3.8, 4) is 11.5 Å². The van der Waals surface area contributed by atoms with Gasteiger partial charge in [-0.25, -0.2) is 0 Å². The molecule has 2 aromatic carbocycles. The van der Waals surface area contributed by atoms with Gasteiger partial charge in [-0.3, -0.25) is 4.79 Å². The molecule has 0 aromatic heterocycles. The van der Waals surface area contributed by atoms with Crippen molar-refractivity contribution in [3.63, 3.8) is 0 Å². The number of carbonyl (C=O) groups excluding carboxylic acids is 1. The summed E-state index contributed by atoms with van der Waals surface area (Å²) in [4.78, 5) is 12.1. The first-order valence-corrected chi connectivity index (χ1v) is 8.04. The molecule has 0 fully saturated rings. The average molecular weight is 367 g/mol. The lowest BCUT2D eigenvalue weighted by molar-refractivity contribution is -0.137. The van der Waals surface area contributed by atoms with Gasteiger partial charge in [-0.15, -0.1) is 0 Å². The predicted molar refractivity (Wildman–Crippen MR) is 92.7 cm³/mol. The number of hydrogen-bond acceptors (Lipinski definition) is 3. The molecule has 4 nitrogen and oxygen atoms in total. The Kier molecular flexibility index (Phi) is 6.13. The standard InChI is InChI=1S/C19H20F3NO3/c1-4-25-17-8-6-14(19(20,21)22)10-16(17)23-18(24)11-26-15-7-5-12(2)13(3)9-15/h5-10H,4,11H2,1-3H3,(H,23,24). The Hall–Kier alpha value is -2.70. The van der Waals surface area contributed by atoms with Crippen LogP contribution in [-0.4, -0.2) is 19.1 Å². The van der Waals surface area contributed by atoms with Crippen molar-refractivity contribution in [2.75, 3.05) is 18.5 Å².